The molecule has 5 rings (SSSR count). The summed E-state index contributed by atoms with van der Waals surface area (Å²) in [4.78, 5) is 15.8. The van der Waals surface area contributed by atoms with Crippen molar-refractivity contribution >= 4 is 27.2 Å². The molecule has 2 fully saturated rings. The second kappa shape index (κ2) is 9.37. The highest BCUT2D eigenvalue weighted by Gasteiger charge is 2.47. The van der Waals surface area contributed by atoms with E-state index in [1.807, 2.05) is 36.5 Å². The number of aromatic nitrogens is 1. The van der Waals surface area contributed by atoms with E-state index in [1.54, 1.807) is 6.20 Å². The molecule has 6 nitrogen and oxygen atoms in total. The van der Waals surface area contributed by atoms with Crippen LogP contribution in [0.2, 0.25) is 5.02 Å². The van der Waals surface area contributed by atoms with Gasteiger partial charge in [0.2, 0.25) is 0 Å². The van der Waals surface area contributed by atoms with E-state index >= 15 is 0 Å². The molecule has 182 valence electrons. The molecular weight excluding hydrogens is 486 g/mol. The smallest absolute Gasteiger partial charge is 0.185 e. The molecule has 0 bridgehead atoms. The van der Waals surface area contributed by atoms with E-state index < -0.39 is 27.0 Å². The summed E-state index contributed by atoms with van der Waals surface area (Å²) in [6.07, 6.45) is 7.67. The van der Waals surface area contributed by atoms with Crippen LogP contribution in [0.5, 0.6) is 5.75 Å². The third-order valence-corrected chi connectivity index (χ3v) is 8.41. The van der Waals surface area contributed by atoms with Gasteiger partial charge in [-0.15, -0.1) is 0 Å². The molecule has 1 aromatic heterocycles. The molecule has 2 aromatic carbocycles. The molecule has 3 aromatic rings. The molecule has 0 spiro atoms. The number of ketones is 1. The lowest BCUT2D eigenvalue weighted by molar-refractivity contribution is -0.114. The highest BCUT2D eigenvalue weighted by atomic mass is 35.5. The van der Waals surface area contributed by atoms with E-state index in [-0.39, 0.29) is 17.6 Å². The number of hydrogen-bond donors (Lipinski definition) is 0. The molecule has 0 unspecified atom stereocenters. The summed E-state index contributed by atoms with van der Waals surface area (Å²) in [5.74, 6) is -0.102. The number of hydrogen-bond acceptors (Lipinski definition) is 6. The summed E-state index contributed by atoms with van der Waals surface area (Å²) in [5, 5.41) is 0.414. The van der Waals surface area contributed by atoms with Crippen LogP contribution in [0.4, 0.5) is 0 Å². The van der Waals surface area contributed by atoms with Crippen LogP contribution in [0.3, 0.4) is 0 Å². The van der Waals surface area contributed by atoms with Crippen LogP contribution in [-0.2, 0) is 31.6 Å². The van der Waals surface area contributed by atoms with Crippen molar-refractivity contribution in [1.82, 2.24) is 4.98 Å². The summed E-state index contributed by atoms with van der Waals surface area (Å²) in [5.41, 5.74) is 3.02. The molecule has 0 N–H and O–H groups in total. The average molecular weight is 512 g/mol. The van der Waals surface area contributed by atoms with Gasteiger partial charge in [0.15, 0.2) is 9.84 Å². The van der Waals surface area contributed by atoms with E-state index in [4.69, 9.17) is 21.1 Å². The average Bonchev–Trinajstić information content (AvgIpc) is 3.75. The van der Waals surface area contributed by atoms with Gasteiger partial charge in [0.25, 0.3) is 0 Å². The fourth-order valence-electron chi connectivity index (χ4n) is 4.18. The van der Waals surface area contributed by atoms with E-state index in [0.717, 1.165) is 48.1 Å². The number of nitrogens with zero attached hydrogens (tertiary/aromatic N) is 1. The van der Waals surface area contributed by atoms with Crippen LogP contribution in [0.25, 0.3) is 11.1 Å². The number of pyridine rings is 1. The number of rotatable bonds is 10. The Labute approximate surface area is 210 Å². The van der Waals surface area contributed by atoms with Crippen molar-refractivity contribution in [2.45, 2.75) is 55.8 Å². The zero-order valence-corrected chi connectivity index (χ0v) is 20.9. The number of halogens is 1. The SMILES string of the molecule is CC(=O)CS(=O)(=O)c1ccc(Cl)c(COC2(c3cnccc3-c3ccccc3OC3CC3)CC2)c1. The highest BCUT2D eigenvalue weighted by molar-refractivity contribution is 7.92. The van der Waals surface area contributed by atoms with Crippen molar-refractivity contribution in [2.75, 3.05) is 5.75 Å². The molecule has 2 aliphatic carbocycles. The zero-order chi connectivity index (χ0) is 24.6. The number of Topliss-reactive ketones (excluding diaryl/α,β-unsaturated/α-hetero) is 1. The quantitative estimate of drug-likeness (QED) is 0.357. The minimum absolute atomic E-state index is 0.0637. The zero-order valence-electron chi connectivity index (χ0n) is 19.4. The van der Waals surface area contributed by atoms with Crippen LogP contribution in [0, 0.1) is 0 Å². The largest absolute Gasteiger partial charge is 0.490 e. The Kier molecular flexibility index (Phi) is 6.42. The lowest BCUT2D eigenvalue weighted by Crippen LogP contribution is -2.15. The first-order valence-corrected chi connectivity index (χ1v) is 13.7. The van der Waals surface area contributed by atoms with Gasteiger partial charge in [0.05, 0.1) is 23.2 Å². The van der Waals surface area contributed by atoms with Gasteiger partial charge in [-0.1, -0.05) is 29.8 Å². The summed E-state index contributed by atoms with van der Waals surface area (Å²) in [7, 11) is -3.73. The summed E-state index contributed by atoms with van der Waals surface area (Å²) in [6.45, 7) is 1.39. The molecule has 0 atom stereocenters. The minimum Gasteiger partial charge on any atom is -0.490 e. The second-order valence-corrected chi connectivity index (χ2v) is 11.6. The molecule has 0 radical (unpaired) electrons. The minimum atomic E-state index is -3.73. The fourth-order valence-corrected chi connectivity index (χ4v) is 5.65. The van der Waals surface area contributed by atoms with Crippen LogP contribution in [0.1, 0.15) is 43.7 Å². The standard InChI is InChI=1S/C27H26ClNO5S/c1-18(30)17-35(31,32)21-8-9-25(28)19(14-21)16-33-27(11-12-27)24-15-29-13-10-22(24)23-4-2-3-5-26(23)34-20-6-7-20/h2-5,8-10,13-15,20H,6-7,11-12,16-17H2,1H3. The van der Waals surface area contributed by atoms with Crippen LogP contribution in [0.15, 0.2) is 65.8 Å². The van der Waals surface area contributed by atoms with Gasteiger partial charge in [-0.25, -0.2) is 8.42 Å². The summed E-state index contributed by atoms with van der Waals surface area (Å²) >= 11 is 6.38. The van der Waals surface area contributed by atoms with Gasteiger partial charge >= 0.3 is 0 Å². The van der Waals surface area contributed by atoms with Gasteiger partial charge in [-0.05, 0) is 74.1 Å². The highest BCUT2D eigenvalue weighted by Crippen LogP contribution is 2.53. The molecule has 2 aliphatic rings. The van der Waals surface area contributed by atoms with E-state index in [0.29, 0.717) is 10.6 Å². The first-order chi connectivity index (χ1) is 16.8. The molecule has 8 heteroatoms. The van der Waals surface area contributed by atoms with Gasteiger partial charge < -0.3 is 9.47 Å². The summed E-state index contributed by atoms with van der Waals surface area (Å²) < 4.78 is 37.6. The molecule has 35 heavy (non-hydrogen) atoms. The lowest BCUT2D eigenvalue weighted by atomic mass is 9.96. The topological polar surface area (TPSA) is 82.6 Å². The Balaban J connectivity index is 1.42. The molecule has 0 saturated heterocycles. The second-order valence-electron chi connectivity index (χ2n) is 9.23. The Bertz CT molecular complexity index is 1380. The van der Waals surface area contributed by atoms with Crippen molar-refractivity contribution in [3.8, 4) is 16.9 Å². The van der Waals surface area contributed by atoms with Crippen LogP contribution < -0.4 is 4.74 Å². The Morgan fingerprint density at radius 1 is 1.11 bits per heavy atom. The fraction of sp³-hybridized carbons (Fsp3) is 0.333. The number of para-hydroxylation sites is 1. The van der Waals surface area contributed by atoms with Gasteiger partial charge in [0.1, 0.15) is 17.3 Å². The number of carbonyl (C=O) groups is 1. The molecule has 2 saturated carbocycles. The summed E-state index contributed by atoms with van der Waals surface area (Å²) in [6, 6.07) is 14.4. The van der Waals surface area contributed by atoms with Crippen molar-refractivity contribution in [1.29, 1.82) is 0 Å². The van der Waals surface area contributed by atoms with E-state index in [2.05, 4.69) is 4.98 Å². The van der Waals surface area contributed by atoms with Gasteiger partial charge in [0, 0.05) is 28.5 Å². The Morgan fingerprint density at radius 2 is 1.89 bits per heavy atom. The molecule has 0 aliphatic heterocycles. The van der Waals surface area contributed by atoms with Crippen molar-refractivity contribution in [3.63, 3.8) is 0 Å². The Hall–Kier alpha value is -2.74. The normalized spacial score (nSPS) is 16.6. The van der Waals surface area contributed by atoms with E-state index in [9.17, 15) is 13.2 Å². The van der Waals surface area contributed by atoms with Crippen molar-refractivity contribution in [2.24, 2.45) is 0 Å². The van der Waals surface area contributed by atoms with Gasteiger partial charge in [-0.2, -0.15) is 0 Å². The third-order valence-electron chi connectivity index (χ3n) is 6.28. The van der Waals surface area contributed by atoms with Crippen molar-refractivity contribution in [3.05, 3.63) is 77.1 Å². The molecule has 0 amide bonds. The van der Waals surface area contributed by atoms with E-state index in [1.165, 1.54) is 25.1 Å². The predicted octanol–water partition coefficient (Wildman–Crippen LogP) is 5.51. The van der Waals surface area contributed by atoms with Crippen molar-refractivity contribution < 1.29 is 22.7 Å². The van der Waals surface area contributed by atoms with Crippen LogP contribution in [-0.4, -0.2) is 31.0 Å². The first kappa shape index (κ1) is 24.0. The molecule has 1 heterocycles. The van der Waals surface area contributed by atoms with Gasteiger partial charge in [-0.3, -0.25) is 9.78 Å². The number of carbonyl (C=O) groups excluding carboxylic acids is 1. The maximum atomic E-state index is 12.5. The first-order valence-electron chi connectivity index (χ1n) is 11.6. The maximum absolute atomic E-state index is 12.5. The monoisotopic (exact) mass is 511 g/mol. The number of benzene rings is 2. The maximum Gasteiger partial charge on any atom is 0.185 e. The number of ether oxygens (including phenoxy) is 2. The predicted molar refractivity (Wildman–Crippen MR) is 133 cm³/mol. The third kappa shape index (κ3) is 5.27. The Morgan fingerprint density at radius 3 is 2.60 bits per heavy atom. The lowest BCUT2D eigenvalue weighted by Gasteiger charge is -2.22. The number of sulfone groups is 1. The van der Waals surface area contributed by atoms with Crippen LogP contribution >= 0.6 is 11.6 Å². The molecular formula is C27H26ClNO5S.